The predicted molar refractivity (Wildman–Crippen MR) is 72.0 cm³/mol. The molecule has 1 heterocycles. The lowest BCUT2D eigenvalue weighted by Crippen LogP contribution is -2.29. The van der Waals surface area contributed by atoms with E-state index in [1.54, 1.807) is 12.1 Å². The lowest BCUT2D eigenvalue weighted by Gasteiger charge is -2.16. The number of carbonyl (C=O) groups is 2. The number of fused-ring (bicyclic) bond motifs is 1. The van der Waals surface area contributed by atoms with Gasteiger partial charge in [0, 0.05) is 5.56 Å². The number of alkyl halides is 3. The van der Waals surface area contributed by atoms with Crippen molar-refractivity contribution in [2.24, 2.45) is 0 Å². The molecule has 2 aromatic carbocycles. The third-order valence-electron chi connectivity index (χ3n) is 3.59. The summed E-state index contributed by atoms with van der Waals surface area (Å²) in [5.74, 6) is -2.78. The van der Waals surface area contributed by atoms with E-state index in [1.165, 1.54) is 12.1 Å². The molecule has 23 heavy (non-hydrogen) atoms. The fourth-order valence-electron chi connectivity index (χ4n) is 2.47. The summed E-state index contributed by atoms with van der Waals surface area (Å²) in [5.41, 5.74) is -1.48. The molecule has 0 bridgehead atoms. The van der Waals surface area contributed by atoms with Gasteiger partial charge in [0.15, 0.2) is 0 Å². The van der Waals surface area contributed by atoms with Crippen molar-refractivity contribution in [3.05, 3.63) is 70.5 Å². The van der Waals surface area contributed by atoms with Gasteiger partial charge in [0.1, 0.15) is 5.82 Å². The SMILES string of the molecule is O=C1c2ccccc2C(=O)N1Cc1cccc(C(F)(F)F)c1F. The topological polar surface area (TPSA) is 37.4 Å². The second-order valence-corrected chi connectivity index (χ2v) is 5.02. The second-order valence-electron chi connectivity index (χ2n) is 5.02. The Labute approximate surface area is 128 Å². The molecule has 0 spiro atoms. The minimum Gasteiger partial charge on any atom is -0.270 e. The summed E-state index contributed by atoms with van der Waals surface area (Å²) >= 11 is 0. The van der Waals surface area contributed by atoms with E-state index in [4.69, 9.17) is 0 Å². The molecule has 0 saturated carbocycles. The van der Waals surface area contributed by atoms with Crippen LogP contribution in [0.3, 0.4) is 0 Å². The van der Waals surface area contributed by atoms with Gasteiger partial charge in [0.2, 0.25) is 0 Å². The fourth-order valence-corrected chi connectivity index (χ4v) is 2.47. The van der Waals surface area contributed by atoms with E-state index >= 15 is 0 Å². The highest BCUT2D eigenvalue weighted by molar-refractivity contribution is 6.21. The van der Waals surface area contributed by atoms with Crippen LogP contribution in [0.4, 0.5) is 17.6 Å². The highest BCUT2D eigenvalue weighted by Gasteiger charge is 2.38. The maximum atomic E-state index is 14.0. The minimum absolute atomic E-state index is 0.157. The van der Waals surface area contributed by atoms with Gasteiger partial charge >= 0.3 is 6.18 Å². The summed E-state index contributed by atoms with van der Waals surface area (Å²) in [4.78, 5) is 25.1. The van der Waals surface area contributed by atoms with Crippen LogP contribution in [-0.4, -0.2) is 16.7 Å². The predicted octanol–water partition coefficient (Wildman–Crippen LogP) is 3.64. The number of rotatable bonds is 2. The van der Waals surface area contributed by atoms with Crippen LogP contribution >= 0.6 is 0 Å². The molecule has 0 N–H and O–H groups in total. The zero-order valence-electron chi connectivity index (χ0n) is 11.5. The first-order chi connectivity index (χ1) is 10.8. The first kappa shape index (κ1) is 15.2. The summed E-state index contributed by atoms with van der Waals surface area (Å²) in [6.07, 6.45) is -4.85. The molecular weight excluding hydrogens is 314 g/mol. The Morgan fingerprint density at radius 1 is 0.870 bits per heavy atom. The molecule has 0 aromatic heterocycles. The van der Waals surface area contributed by atoms with Crippen molar-refractivity contribution in [3.8, 4) is 0 Å². The van der Waals surface area contributed by atoms with Crippen LogP contribution in [0.1, 0.15) is 31.8 Å². The Kier molecular flexibility index (Phi) is 3.43. The van der Waals surface area contributed by atoms with Crippen molar-refractivity contribution in [2.75, 3.05) is 0 Å². The lowest BCUT2D eigenvalue weighted by atomic mass is 10.1. The number of carbonyl (C=O) groups excluding carboxylic acids is 2. The van der Waals surface area contributed by atoms with Gasteiger partial charge < -0.3 is 0 Å². The van der Waals surface area contributed by atoms with Crippen LogP contribution in [0.5, 0.6) is 0 Å². The van der Waals surface area contributed by atoms with E-state index in [2.05, 4.69) is 0 Å². The Morgan fingerprint density at radius 2 is 1.43 bits per heavy atom. The maximum Gasteiger partial charge on any atom is 0.419 e. The quantitative estimate of drug-likeness (QED) is 0.625. The summed E-state index contributed by atoms with van der Waals surface area (Å²) < 4.78 is 52.2. The van der Waals surface area contributed by atoms with Crippen molar-refractivity contribution in [1.29, 1.82) is 0 Å². The largest absolute Gasteiger partial charge is 0.419 e. The van der Waals surface area contributed by atoms with E-state index in [0.29, 0.717) is 6.07 Å². The third kappa shape index (κ3) is 2.48. The molecule has 118 valence electrons. The lowest BCUT2D eigenvalue weighted by molar-refractivity contribution is -0.140. The number of imide groups is 1. The number of hydrogen-bond donors (Lipinski definition) is 0. The number of hydrogen-bond acceptors (Lipinski definition) is 2. The molecular formula is C16H9F4NO2. The molecule has 0 unspecified atom stereocenters. The van der Waals surface area contributed by atoms with Gasteiger partial charge in [-0.2, -0.15) is 13.2 Å². The van der Waals surface area contributed by atoms with E-state index in [9.17, 15) is 27.2 Å². The van der Waals surface area contributed by atoms with Crippen molar-refractivity contribution >= 4 is 11.8 Å². The van der Waals surface area contributed by atoms with Crippen LogP contribution in [0.2, 0.25) is 0 Å². The monoisotopic (exact) mass is 323 g/mol. The van der Waals surface area contributed by atoms with Crippen LogP contribution in [0.25, 0.3) is 0 Å². The van der Waals surface area contributed by atoms with Gasteiger partial charge in [-0.15, -0.1) is 0 Å². The molecule has 3 nitrogen and oxygen atoms in total. The number of amides is 2. The summed E-state index contributed by atoms with van der Waals surface area (Å²) in [6.45, 7) is -0.553. The fraction of sp³-hybridized carbons (Fsp3) is 0.125. The molecule has 2 amide bonds. The van der Waals surface area contributed by atoms with E-state index in [-0.39, 0.29) is 16.7 Å². The van der Waals surface area contributed by atoms with Gasteiger partial charge in [-0.25, -0.2) is 4.39 Å². The van der Waals surface area contributed by atoms with E-state index in [1.807, 2.05) is 0 Å². The van der Waals surface area contributed by atoms with Gasteiger partial charge in [0.25, 0.3) is 11.8 Å². The average Bonchev–Trinajstić information content (AvgIpc) is 2.73. The first-order valence-electron chi connectivity index (χ1n) is 6.60. The molecule has 1 aliphatic heterocycles. The van der Waals surface area contributed by atoms with Gasteiger partial charge in [-0.3, -0.25) is 14.5 Å². The molecule has 0 fully saturated rings. The van der Waals surface area contributed by atoms with Crippen LogP contribution in [0.15, 0.2) is 42.5 Å². The summed E-state index contributed by atoms with van der Waals surface area (Å²) in [6, 6.07) is 8.79. The van der Waals surface area contributed by atoms with Crippen molar-refractivity contribution in [3.63, 3.8) is 0 Å². The smallest absolute Gasteiger partial charge is 0.270 e. The highest BCUT2D eigenvalue weighted by Crippen LogP contribution is 2.33. The highest BCUT2D eigenvalue weighted by atomic mass is 19.4. The zero-order valence-corrected chi connectivity index (χ0v) is 11.5. The summed E-state index contributed by atoms with van der Waals surface area (Å²) in [5, 5.41) is 0. The second kappa shape index (κ2) is 5.19. The zero-order chi connectivity index (χ0) is 16.8. The molecule has 0 aliphatic carbocycles. The average molecular weight is 323 g/mol. The third-order valence-corrected chi connectivity index (χ3v) is 3.59. The van der Waals surface area contributed by atoms with Crippen LogP contribution < -0.4 is 0 Å². The molecule has 3 rings (SSSR count). The van der Waals surface area contributed by atoms with Crippen molar-refractivity contribution < 1.29 is 27.2 Å². The first-order valence-corrected chi connectivity index (χ1v) is 6.60. The minimum atomic E-state index is -4.85. The van der Waals surface area contributed by atoms with Gasteiger partial charge in [0.05, 0.1) is 23.2 Å². The normalized spacial score (nSPS) is 14.3. The molecule has 0 atom stereocenters. The number of benzene rings is 2. The van der Waals surface area contributed by atoms with Gasteiger partial charge in [-0.05, 0) is 18.2 Å². The summed E-state index contributed by atoms with van der Waals surface area (Å²) in [7, 11) is 0. The molecule has 0 saturated heterocycles. The Hall–Kier alpha value is -2.70. The molecule has 2 aromatic rings. The Bertz CT molecular complexity index is 779. The van der Waals surface area contributed by atoms with Crippen molar-refractivity contribution in [1.82, 2.24) is 4.90 Å². The van der Waals surface area contributed by atoms with E-state index in [0.717, 1.165) is 17.0 Å². The van der Waals surface area contributed by atoms with Gasteiger partial charge in [-0.1, -0.05) is 24.3 Å². The number of halogens is 4. The van der Waals surface area contributed by atoms with Crippen molar-refractivity contribution in [2.45, 2.75) is 12.7 Å². The maximum absolute atomic E-state index is 14.0. The molecule has 0 radical (unpaired) electrons. The number of nitrogens with zero attached hydrogens (tertiary/aromatic N) is 1. The van der Waals surface area contributed by atoms with E-state index < -0.39 is 35.9 Å². The van der Waals surface area contributed by atoms with Crippen LogP contribution in [0, 0.1) is 5.82 Å². The Morgan fingerprint density at radius 3 is 1.96 bits per heavy atom. The Balaban J connectivity index is 1.96. The molecule has 7 heteroatoms. The standard InChI is InChI=1S/C16H9F4NO2/c17-13-9(4-3-7-12(13)16(18,19)20)8-21-14(22)10-5-1-2-6-11(10)15(21)23/h1-7H,8H2. The van der Waals surface area contributed by atoms with Crippen LogP contribution in [-0.2, 0) is 12.7 Å². The molecule has 1 aliphatic rings.